The summed E-state index contributed by atoms with van der Waals surface area (Å²) < 4.78 is 7.00. The summed E-state index contributed by atoms with van der Waals surface area (Å²) in [5.74, 6) is -0.246. The summed E-state index contributed by atoms with van der Waals surface area (Å²) >= 11 is 0. The predicted molar refractivity (Wildman–Crippen MR) is 116 cm³/mol. The molecule has 0 aliphatic heterocycles. The minimum atomic E-state index is -0.677. The first-order valence-electron chi connectivity index (χ1n) is 9.91. The molecular weight excluding hydrogens is 380 g/mol. The second-order valence-corrected chi connectivity index (χ2v) is 6.86. The van der Waals surface area contributed by atoms with Crippen molar-refractivity contribution in [3.63, 3.8) is 0 Å². The van der Waals surface area contributed by atoms with E-state index in [9.17, 15) is 9.59 Å². The fraction of sp³-hybridized carbons (Fsp3) is 0.261. The smallest absolute Gasteiger partial charge is 0.278 e. The SMILES string of the molecule is CCCN(C(=O)c1nn(-c2ccccc2)cc1OC)C(C)C(=O)Nc1ccccc1. The van der Waals surface area contributed by atoms with Gasteiger partial charge in [-0.05, 0) is 37.6 Å². The average Bonchev–Trinajstić information content (AvgIpc) is 3.22. The standard InChI is InChI=1S/C23H26N4O3/c1-4-15-26(17(2)22(28)24-18-11-7-5-8-12-18)23(29)21-20(30-3)16-27(25-21)19-13-9-6-10-14-19/h5-14,16-17H,4,15H2,1-3H3,(H,24,28). The van der Waals surface area contributed by atoms with E-state index in [4.69, 9.17) is 4.74 Å². The van der Waals surface area contributed by atoms with Crippen molar-refractivity contribution in [1.82, 2.24) is 14.7 Å². The van der Waals surface area contributed by atoms with Crippen LogP contribution in [-0.4, -0.2) is 46.2 Å². The number of nitrogens with zero attached hydrogens (tertiary/aromatic N) is 3. The van der Waals surface area contributed by atoms with E-state index < -0.39 is 6.04 Å². The zero-order chi connectivity index (χ0) is 21.5. The number of para-hydroxylation sites is 2. The van der Waals surface area contributed by atoms with Gasteiger partial charge in [0, 0.05) is 12.2 Å². The highest BCUT2D eigenvalue weighted by Gasteiger charge is 2.30. The number of hydrogen-bond acceptors (Lipinski definition) is 4. The number of hydrogen-bond donors (Lipinski definition) is 1. The number of benzene rings is 2. The van der Waals surface area contributed by atoms with E-state index in [0.717, 1.165) is 5.69 Å². The Balaban J connectivity index is 1.86. The number of nitrogens with one attached hydrogen (secondary N) is 1. The van der Waals surface area contributed by atoms with Gasteiger partial charge >= 0.3 is 0 Å². The van der Waals surface area contributed by atoms with Crippen molar-refractivity contribution in [2.45, 2.75) is 26.3 Å². The molecule has 1 heterocycles. The minimum absolute atomic E-state index is 0.175. The highest BCUT2D eigenvalue weighted by atomic mass is 16.5. The fourth-order valence-corrected chi connectivity index (χ4v) is 3.13. The van der Waals surface area contributed by atoms with Crippen LogP contribution in [0.5, 0.6) is 5.75 Å². The Bertz CT molecular complexity index is 986. The molecule has 7 heteroatoms. The van der Waals surface area contributed by atoms with Crippen LogP contribution < -0.4 is 10.1 Å². The van der Waals surface area contributed by atoms with Gasteiger partial charge in [-0.3, -0.25) is 9.59 Å². The lowest BCUT2D eigenvalue weighted by Crippen LogP contribution is -2.46. The summed E-state index contributed by atoms with van der Waals surface area (Å²) in [6, 6.07) is 18.0. The van der Waals surface area contributed by atoms with Crippen LogP contribution in [0.4, 0.5) is 5.69 Å². The van der Waals surface area contributed by atoms with E-state index in [-0.39, 0.29) is 17.5 Å². The number of amides is 2. The Kier molecular flexibility index (Phi) is 6.85. The maximum absolute atomic E-state index is 13.3. The molecule has 2 amide bonds. The van der Waals surface area contributed by atoms with Crippen molar-refractivity contribution < 1.29 is 14.3 Å². The number of rotatable bonds is 8. The molecule has 3 rings (SSSR count). The van der Waals surface area contributed by atoms with Gasteiger partial charge in [-0.1, -0.05) is 43.3 Å². The first-order valence-corrected chi connectivity index (χ1v) is 9.91. The molecule has 0 spiro atoms. The van der Waals surface area contributed by atoms with Crippen molar-refractivity contribution >= 4 is 17.5 Å². The zero-order valence-electron chi connectivity index (χ0n) is 17.4. The van der Waals surface area contributed by atoms with E-state index in [2.05, 4.69) is 10.4 Å². The van der Waals surface area contributed by atoms with Gasteiger partial charge in [0.2, 0.25) is 5.91 Å². The molecule has 0 fully saturated rings. The van der Waals surface area contributed by atoms with Crippen molar-refractivity contribution in [1.29, 1.82) is 0 Å². The molecule has 1 aromatic heterocycles. The molecule has 3 aromatic rings. The number of carbonyl (C=O) groups excluding carboxylic acids is 2. The third-order valence-corrected chi connectivity index (χ3v) is 4.74. The second-order valence-electron chi connectivity index (χ2n) is 6.86. The molecule has 7 nitrogen and oxygen atoms in total. The van der Waals surface area contributed by atoms with Crippen molar-refractivity contribution in [2.24, 2.45) is 0 Å². The quantitative estimate of drug-likeness (QED) is 0.618. The van der Waals surface area contributed by atoms with E-state index in [1.807, 2.05) is 55.5 Å². The highest BCUT2D eigenvalue weighted by molar-refractivity contribution is 6.01. The summed E-state index contributed by atoms with van der Waals surface area (Å²) in [4.78, 5) is 27.7. The van der Waals surface area contributed by atoms with Gasteiger partial charge in [-0.25, -0.2) is 4.68 Å². The number of ether oxygens (including phenoxy) is 1. The van der Waals surface area contributed by atoms with Crippen LogP contribution in [0.1, 0.15) is 30.8 Å². The van der Waals surface area contributed by atoms with Gasteiger partial charge < -0.3 is 15.0 Å². The van der Waals surface area contributed by atoms with Crippen LogP contribution in [0, 0.1) is 0 Å². The largest absolute Gasteiger partial charge is 0.493 e. The highest BCUT2D eigenvalue weighted by Crippen LogP contribution is 2.22. The number of aromatic nitrogens is 2. The average molecular weight is 406 g/mol. The Morgan fingerprint density at radius 3 is 2.33 bits per heavy atom. The first-order chi connectivity index (χ1) is 14.5. The Hall–Kier alpha value is -3.61. The summed E-state index contributed by atoms with van der Waals surface area (Å²) in [6.45, 7) is 4.10. The summed E-state index contributed by atoms with van der Waals surface area (Å²) in [5, 5.41) is 7.31. The molecule has 1 N–H and O–H groups in total. The van der Waals surface area contributed by atoms with Gasteiger partial charge in [0.1, 0.15) is 6.04 Å². The molecule has 0 bridgehead atoms. The Morgan fingerprint density at radius 1 is 1.10 bits per heavy atom. The molecule has 0 saturated carbocycles. The molecule has 0 aliphatic rings. The van der Waals surface area contributed by atoms with Gasteiger partial charge in [-0.15, -0.1) is 0 Å². The van der Waals surface area contributed by atoms with Crippen LogP contribution in [0.15, 0.2) is 66.9 Å². The van der Waals surface area contributed by atoms with E-state index >= 15 is 0 Å². The molecular formula is C23H26N4O3. The van der Waals surface area contributed by atoms with Crippen molar-refractivity contribution in [3.8, 4) is 11.4 Å². The van der Waals surface area contributed by atoms with Gasteiger partial charge in [-0.2, -0.15) is 5.10 Å². The number of methoxy groups -OCH3 is 1. The molecule has 0 radical (unpaired) electrons. The number of anilines is 1. The molecule has 156 valence electrons. The monoisotopic (exact) mass is 406 g/mol. The molecule has 2 aromatic carbocycles. The molecule has 0 saturated heterocycles. The maximum atomic E-state index is 13.3. The van der Waals surface area contributed by atoms with Crippen LogP contribution in [0.3, 0.4) is 0 Å². The van der Waals surface area contributed by atoms with Crippen LogP contribution in [0.25, 0.3) is 5.69 Å². The summed E-state index contributed by atoms with van der Waals surface area (Å²) in [5.41, 5.74) is 1.67. The molecule has 1 unspecified atom stereocenters. The normalized spacial score (nSPS) is 11.6. The predicted octanol–water partition coefficient (Wildman–Crippen LogP) is 3.76. The maximum Gasteiger partial charge on any atom is 0.278 e. The van der Waals surface area contributed by atoms with E-state index in [0.29, 0.717) is 24.4 Å². The van der Waals surface area contributed by atoms with Gasteiger partial charge in [0.05, 0.1) is 19.0 Å². The van der Waals surface area contributed by atoms with Crippen LogP contribution in [0.2, 0.25) is 0 Å². The van der Waals surface area contributed by atoms with E-state index in [1.165, 1.54) is 12.0 Å². The first kappa shape index (κ1) is 21.1. The molecule has 1 atom stereocenters. The third kappa shape index (κ3) is 4.68. The lowest BCUT2D eigenvalue weighted by Gasteiger charge is -2.27. The second kappa shape index (κ2) is 9.73. The van der Waals surface area contributed by atoms with Gasteiger partial charge in [0.25, 0.3) is 5.91 Å². The number of carbonyl (C=O) groups is 2. The lowest BCUT2D eigenvalue weighted by molar-refractivity contribution is -0.120. The summed E-state index contributed by atoms with van der Waals surface area (Å²) in [6.07, 6.45) is 2.37. The van der Waals surface area contributed by atoms with Crippen molar-refractivity contribution in [3.05, 3.63) is 72.6 Å². The molecule has 30 heavy (non-hydrogen) atoms. The Morgan fingerprint density at radius 2 is 1.73 bits per heavy atom. The van der Waals surface area contributed by atoms with E-state index in [1.54, 1.807) is 29.9 Å². The Labute approximate surface area is 176 Å². The topological polar surface area (TPSA) is 76.5 Å². The van der Waals surface area contributed by atoms with Crippen LogP contribution in [-0.2, 0) is 4.79 Å². The zero-order valence-corrected chi connectivity index (χ0v) is 17.4. The fourth-order valence-electron chi connectivity index (χ4n) is 3.13. The summed E-state index contributed by atoms with van der Waals surface area (Å²) in [7, 11) is 1.50. The minimum Gasteiger partial charge on any atom is -0.493 e. The third-order valence-electron chi connectivity index (χ3n) is 4.74. The molecule has 0 aliphatic carbocycles. The van der Waals surface area contributed by atoms with Gasteiger partial charge in [0.15, 0.2) is 11.4 Å². The lowest BCUT2D eigenvalue weighted by atomic mass is 10.2. The van der Waals surface area contributed by atoms with Crippen molar-refractivity contribution in [2.75, 3.05) is 19.0 Å². The van der Waals surface area contributed by atoms with Crippen LogP contribution >= 0.6 is 0 Å².